The summed E-state index contributed by atoms with van der Waals surface area (Å²) in [4.78, 5) is 0. The molecule has 10 heteroatoms. The molecular weight excluding hydrogens is 195 g/mol. The van der Waals surface area contributed by atoms with Crippen LogP contribution >= 0.6 is 0 Å². The first kappa shape index (κ1) is 55.8. The van der Waals surface area contributed by atoms with Gasteiger partial charge in [-0.05, 0) is 0 Å². The standard InChI is InChI=1S/C2H5.B.3FH.Li.H2O4S/c1-2;;;;;;1-5(2,3)4/h1H2,2H3;;3*1H;;(H2,1,2,3,4)/q-1;;;;;+1;. The molecule has 73 valence electrons. The van der Waals surface area contributed by atoms with E-state index in [1.165, 1.54) is 0 Å². The van der Waals surface area contributed by atoms with Gasteiger partial charge in [0.05, 0.1) is 0 Å². The van der Waals surface area contributed by atoms with Crippen LogP contribution in [0.1, 0.15) is 6.92 Å². The Balaban J connectivity index is -0.00000000671. The summed E-state index contributed by atoms with van der Waals surface area (Å²) in [6, 6.07) is 0. The first-order chi connectivity index (χ1) is 3.00. The second-order valence-electron chi connectivity index (χ2n) is 0.448. The summed E-state index contributed by atoms with van der Waals surface area (Å²) >= 11 is 0. The summed E-state index contributed by atoms with van der Waals surface area (Å²) < 4.78 is 31.6. The summed E-state index contributed by atoms with van der Waals surface area (Å²) in [6.07, 6.45) is 0. The van der Waals surface area contributed by atoms with Crippen LogP contribution < -0.4 is 18.9 Å². The third kappa shape index (κ3) is 8630. The average molecular weight is 205 g/mol. The van der Waals surface area contributed by atoms with Crippen LogP contribution in [0.3, 0.4) is 0 Å². The van der Waals surface area contributed by atoms with E-state index in [4.69, 9.17) is 17.5 Å². The molecule has 0 aromatic heterocycles. The van der Waals surface area contributed by atoms with Gasteiger partial charge < -0.3 is 6.92 Å². The van der Waals surface area contributed by atoms with Crippen molar-refractivity contribution in [3.8, 4) is 0 Å². The van der Waals surface area contributed by atoms with E-state index in [9.17, 15) is 0 Å². The van der Waals surface area contributed by atoms with Gasteiger partial charge in [0.15, 0.2) is 0 Å². The third-order valence-electron chi connectivity index (χ3n) is 0. The molecule has 0 bridgehead atoms. The molecule has 0 spiro atoms. The van der Waals surface area contributed by atoms with Gasteiger partial charge in [-0.2, -0.15) is 15.3 Å². The van der Waals surface area contributed by atoms with Crippen molar-refractivity contribution in [1.82, 2.24) is 0 Å². The number of hydrogen-bond donors (Lipinski definition) is 2. The summed E-state index contributed by atoms with van der Waals surface area (Å²) in [5.74, 6) is 0. The zero-order valence-electron chi connectivity index (χ0n) is 6.63. The molecule has 0 aromatic carbocycles. The van der Waals surface area contributed by atoms with Gasteiger partial charge in [0, 0.05) is 8.41 Å². The van der Waals surface area contributed by atoms with E-state index < -0.39 is 10.4 Å². The van der Waals surface area contributed by atoms with Crippen LogP contribution in [0.25, 0.3) is 0 Å². The van der Waals surface area contributed by atoms with Crippen LogP contribution in [0.4, 0.5) is 14.1 Å². The van der Waals surface area contributed by atoms with Gasteiger partial charge >= 0.3 is 29.3 Å². The SMILES string of the molecule is F.F.F.O=S(=O)(O)O.[B].[CH2-]C.[Li+]. The fraction of sp³-hybridized carbons (Fsp3) is 0.500. The molecule has 0 aliphatic carbocycles. The van der Waals surface area contributed by atoms with Gasteiger partial charge in [0.25, 0.3) is 0 Å². The number of hydrogen-bond acceptors (Lipinski definition) is 2. The smallest absolute Gasteiger partial charge is 0.346 e. The van der Waals surface area contributed by atoms with Crippen molar-refractivity contribution in [3.63, 3.8) is 0 Å². The fourth-order valence-electron chi connectivity index (χ4n) is 0. The summed E-state index contributed by atoms with van der Waals surface area (Å²) in [6.45, 7) is 5.00. The van der Waals surface area contributed by atoms with Gasteiger partial charge in [-0.25, -0.2) is 0 Å². The largest absolute Gasteiger partial charge is 1.00 e. The van der Waals surface area contributed by atoms with E-state index in [-0.39, 0.29) is 41.4 Å². The van der Waals surface area contributed by atoms with Crippen LogP contribution in [0.15, 0.2) is 0 Å². The maximum Gasteiger partial charge on any atom is 1.00 e. The number of rotatable bonds is 0. The van der Waals surface area contributed by atoms with Crippen molar-refractivity contribution in [2.75, 3.05) is 0 Å². The van der Waals surface area contributed by atoms with Crippen LogP contribution in [-0.4, -0.2) is 25.9 Å². The Morgan fingerprint density at radius 2 is 1.00 bits per heavy atom. The van der Waals surface area contributed by atoms with Crippen LogP contribution in [0.5, 0.6) is 0 Å². The topological polar surface area (TPSA) is 74.6 Å². The predicted octanol–water partition coefficient (Wildman–Crippen LogP) is -2.73. The van der Waals surface area contributed by atoms with Crippen molar-refractivity contribution in [3.05, 3.63) is 6.92 Å². The first-order valence-corrected chi connectivity index (χ1v) is 2.80. The zero-order valence-corrected chi connectivity index (χ0v) is 7.44. The molecular formula is C2H10BF3LiO4S. The Morgan fingerprint density at radius 1 is 1.00 bits per heavy atom. The monoisotopic (exact) mass is 205 g/mol. The minimum Gasteiger partial charge on any atom is -0.346 e. The Morgan fingerprint density at radius 3 is 1.00 bits per heavy atom. The van der Waals surface area contributed by atoms with Crippen LogP contribution in [0.2, 0.25) is 0 Å². The molecule has 0 heterocycles. The Bertz CT molecular complexity index is 111. The van der Waals surface area contributed by atoms with Crippen LogP contribution in [-0.2, 0) is 10.4 Å². The minimum atomic E-state index is -4.67. The van der Waals surface area contributed by atoms with Gasteiger partial charge in [-0.15, -0.1) is 0 Å². The molecule has 0 atom stereocenters. The molecule has 0 rings (SSSR count). The second-order valence-corrected chi connectivity index (χ2v) is 1.34. The Hall–Kier alpha value is 0.322. The van der Waals surface area contributed by atoms with Gasteiger partial charge in [0.2, 0.25) is 0 Å². The molecule has 0 unspecified atom stereocenters. The fourth-order valence-corrected chi connectivity index (χ4v) is 0. The van der Waals surface area contributed by atoms with Crippen molar-refractivity contribution in [1.29, 1.82) is 0 Å². The minimum absolute atomic E-state index is 0. The molecule has 12 heavy (non-hydrogen) atoms. The van der Waals surface area contributed by atoms with E-state index in [1.54, 1.807) is 6.92 Å². The quantitative estimate of drug-likeness (QED) is 0.255. The molecule has 0 saturated heterocycles. The molecule has 0 amide bonds. The van der Waals surface area contributed by atoms with Gasteiger partial charge in [0.1, 0.15) is 0 Å². The first-order valence-electron chi connectivity index (χ1n) is 1.41. The second kappa shape index (κ2) is 30.2. The van der Waals surface area contributed by atoms with E-state index in [0.29, 0.717) is 0 Å². The maximum absolute atomic E-state index is 8.74. The molecule has 0 aliphatic rings. The summed E-state index contributed by atoms with van der Waals surface area (Å²) in [5.41, 5.74) is 0. The van der Waals surface area contributed by atoms with E-state index in [0.717, 1.165) is 0 Å². The molecule has 0 aliphatic heterocycles. The Labute approximate surface area is 83.5 Å². The molecule has 0 aromatic rings. The Kier molecular flexibility index (Phi) is 140. The normalized spacial score (nSPS) is 5.33. The summed E-state index contributed by atoms with van der Waals surface area (Å²) in [7, 11) is -4.67. The molecule has 4 nitrogen and oxygen atoms in total. The van der Waals surface area contributed by atoms with Crippen molar-refractivity contribution in [2.45, 2.75) is 6.92 Å². The van der Waals surface area contributed by atoms with E-state index >= 15 is 0 Å². The van der Waals surface area contributed by atoms with E-state index in [2.05, 4.69) is 6.92 Å². The summed E-state index contributed by atoms with van der Waals surface area (Å²) in [5, 5.41) is 0. The zero-order chi connectivity index (χ0) is 6.50. The molecule has 2 N–H and O–H groups in total. The van der Waals surface area contributed by atoms with Gasteiger partial charge in [-0.3, -0.25) is 23.2 Å². The third-order valence-corrected chi connectivity index (χ3v) is 0. The molecule has 3 radical (unpaired) electrons. The van der Waals surface area contributed by atoms with Crippen molar-refractivity contribution >= 4 is 18.8 Å². The van der Waals surface area contributed by atoms with Crippen molar-refractivity contribution in [2.24, 2.45) is 0 Å². The van der Waals surface area contributed by atoms with Gasteiger partial charge in [-0.1, -0.05) is 0 Å². The van der Waals surface area contributed by atoms with Crippen LogP contribution in [0, 0.1) is 6.92 Å². The molecule has 0 fully saturated rings. The molecule has 0 saturated carbocycles. The average Bonchev–Trinajstić information content (AvgIpc) is 1.36. The maximum atomic E-state index is 8.74. The van der Waals surface area contributed by atoms with Crippen molar-refractivity contribution < 1.29 is 50.5 Å². The van der Waals surface area contributed by atoms with E-state index in [1.807, 2.05) is 0 Å². The predicted molar refractivity (Wildman–Crippen MR) is 38.5 cm³/mol. The number of halogens is 3.